The van der Waals surface area contributed by atoms with Crippen LogP contribution in [0.2, 0.25) is 0 Å². The first-order valence-electron chi connectivity index (χ1n) is 21.5. The van der Waals surface area contributed by atoms with Gasteiger partial charge in [0.25, 0.3) is 0 Å². The summed E-state index contributed by atoms with van der Waals surface area (Å²) in [5.41, 5.74) is 14.2. The van der Waals surface area contributed by atoms with Gasteiger partial charge in [0, 0.05) is 43.7 Å². The van der Waals surface area contributed by atoms with E-state index in [1.807, 2.05) is 0 Å². The van der Waals surface area contributed by atoms with Crippen molar-refractivity contribution in [1.82, 2.24) is 13.7 Å². The molecule has 3 heterocycles. The predicted octanol–water partition coefficient (Wildman–Crippen LogP) is 15.1. The molecule has 3 aromatic heterocycles. The van der Waals surface area contributed by atoms with Crippen LogP contribution in [0.25, 0.3) is 82.5 Å². The molecule has 0 saturated heterocycles. The first kappa shape index (κ1) is 33.1. The number of aromatic nitrogens is 3. The molecular formula is C54H47N3. The summed E-state index contributed by atoms with van der Waals surface area (Å²) in [5, 5.41) is 7.93. The third kappa shape index (κ3) is 5.17. The summed E-state index contributed by atoms with van der Waals surface area (Å²) < 4.78 is 7.49. The average Bonchev–Trinajstić information content (AvgIpc) is 3.92. The van der Waals surface area contributed by atoms with Gasteiger partial charge in [-0.15, -0.1) is 0 Å². The number of hydrogen-bond acceptors (Lipinski definition) is 0. The Morgan fingerprint density at radius 2 is 0.807 bits per heavy atom. The molecule has 0 aliphatic heterocycles. The van der Waals surface area contributed by atoms with Gasteiger partial charge in [-0.25, -0.2) is 0 Å². The third-order valence-corrected chi connectivity index (χ3v) is 13.8. The van der Waals surface area contributed by atoms with Crippen LogP contribution in [0.5, 0.6) is 0 Å². The lowest BCUT2D eigenvalue weighted by Gasteiger charge is -2.22. The first-order valence-corrected chi connectivity index (χ1v) is 21.5. The fourth-order valence-electron chi connectivity index (χ4n) is 11.1. The fraction of sp³-hybridized carbons (Fsp3) is 0.222. The summed E-state index contributed by atoms with van der Waals surface area (Å²) in [4.78, 5) is 0. The second-order valence-electron chi connectivity index (χ2n) is 17.0. The highest BCUT2D eigenvalue weighted by Crippen LogP contribution is 2.44. The highest BCUT2D eigenvalue weighted by atomic mass is 15.0. The topological polar surface area (TPSA) is 14.8 Å². The minimum Gasteiger partial charge on any atom is -0.309 e. The fourth-order valence-corrected chi connectivity index (χ4v) is 11.1. The van der Waals surface area contributed by atoms with Crippen molar-refractivity contribution in [3.63, 3.8) is 0 Å². The molecule has 2 aliphatic carbocycles. The first-order chi connectivity index (χ1) is 28.3. The van der Waals surface area contributed by atoms with Gasteiger partial charge >= 0.3 is 0 Å². The second-order valence-corrected chi connectivity index (χ2v) is 17.0. The molecule has 2 aliphatic rings. The van der Waals surface area contributed by atoms with Crippen molar-refractivity contribution in [1.29, 1.82) is 0 Å². The Morgan fingerprint density at radius 3 is 1.47 bits per heavy atom. The molecule has 2 saturated carbocycles. The predicted molar refractivity (Wildman–Crippen MR) is 241 cm³/mol. The lowest BCUT2D eigenvalue weighted by molar-refractivity contribution is 0.444. The van der Waals surface area contributed by atoms with Gasteiger partial charge in [-0.05, 0) is 128 Å². The molecule has 3 heteroatoms. The molecule has 0 bridgehead atoms. The molecular weight excluding hydrogens is 691 g/mol. The molecule has 278 valence electrons. The van der Waals surface area contributed by atoms with Crippen LogP contribution in [-0.4, -0.2) is 13.7 Å². The zero-order valence-electron chi connectivity index (χ0n) is 32.5. The largest absolute Gasteiger partial charge is 0.309 e. The van der Waals surface area contributed by atoms with Gasteiger partial charge in [0.05, 0.1) is 38.8 Å². The standard InChI is InChI=1S/C54H47N3/c1-4-15-36(16-5-1)38-27-30-50-44(33-38)45-34-39(37-17-6-2-7-18-37)28-31-51(45)57(50)53-26-14-25-52-54(53)43-22-11-13-24-48(43)56(52)41-29-32-49-46(35-41)42-21-10-12-23-47(42)55(49)40-19-8-3-9-20-40/h3,8-14,19-37H,1-2,4-7,15-18H2. The second kappa shape index (κ2) is 13.3. The van der Waals surface area contributed by atoms with Gasteiger partial charge in [0.15, 0.2) is 0 Å². The summed E-state index contributed by atoms with van der Waals surface area (Å²) >= 11 is 0. The molecule has 0 atom stereocenters. The summed E-state index contributed by atoms with van der Waals surface area (Å²) in [6.45, 7) is 0. The monoisotopic (exact) mass is 737 g/mol. The van der Waals surface area contributed by atoms with Crippen molar-refractivity contribution < 1.29 is 0 Å². The van der Waals surface area contributed by atoms with E-state index in [0.717, 1.165) is 0 Å². The minimum absolute atomic E-state index is 0.670. The van der Waals surface area contributed by atoms with Crippen molar-refractivity contribution >= 4 is 65.4 Å². The van der Waals surface area contributed by atoms with Gasteiger partial charge in [-0.3, -0.25) is 0 Å². The third-order valence-electron chi connectivity index (χ3n) is 13.8. The van der Waals surface area contributed by atoms with Crippen molar-refractivity contribution in [2.75, 3.05) is 0 Å². The van der Waals surface area contributed by atoms with E-state index in [2.05, 4.69) is 165 Å². The van der Waals surface area contributed by atoms with Gasteiger partial charge < -0.3 is 13.7 Å². The van der Waals surface area contributed by atoms with Crippen LogP contribution in [-0.2, 0) is 0 Å². The van der Waals surface area contributed by atoms with Gasteiger partial charge in [0.1, 0.15) is 0 Å². The summed E-state index contributed by atoms with van der Waals surface area (Å²) in [6, 6.07) is 57.6. The van der Waals surface area contributed by atoms with E-state index in [0.29, 0.717) is 11.8 Å². The van der Waals surface area contributed by atoms with Gasteiger partial charge in [0.2, 0.25) is 0 Å². The Morgan fingerprint density at radius 1 is 0.316 bits per heavy atom. The summed E-state index contributed by atoms with van der Waals surface area (Å²) in [6.07, 6.45) is 13.4. The molecule has 0 unspecified atom stereocenters. The zero-order valence-corrected chi connectivity index (χ0v) is 32.5. The maximum Gasteiger partial charge on any atom is 0.0562 e. The number of fused-ring (bicyclic) bond motifs is 9. The Hall–Kier alpha value is -6.06. The molecule has 3 nitrogen and oxygen atoms in total. The van der Waals surface area contributed by atoms with E-state index < -0.39 is 0 Å². The van der Waals surface area contributed by atoms with Crippen molar-refractivity contribution in [2.45, 2.75) is 76.0 Å². The van der Waals surface area contributed by atoms with Crippen LogP contribution in [0.4, 0.5) is 0 Å². The van der Waals surface area contributed by atoms with Crippen LogP contribution >= 0.6 is 0 Å². The number of benzene rings is 7. The smallest absolute Gasteiger partial charge is 0.0562 e. The van der Waals surface area contributed by atoms with Crippen LogP contribution < -0.4 is 0 Å². The van der Waals surface area contributed by atoms with E-state index in [1.54, 1.807) is 0 Å². The van der Waals surface area contributed by atoms with E-state index in [4.69, 9.17) is 0 Å². The molecule has 10 aromatic rings. The van der Waals surface area contributed by atoms with Crippen molar-refractivity contribution in [3.8, 4) is 17.1 Å². The molecule has 2 fully saturated rings. The molecule has 0 radical (unpaired) electrons. The number of rotatable bonds is 5. The lowest BCUT2D eigenvalue weighted by atomic mass is 9.83. The highest BCUT2D eigenvalue weighted by molar-refractivity contribution is 6.17. The van der Waals surface area contributed by atoms with Crippen molar-refractivity contribution in [3.05, 3.63) is 163 Å². The maximum atomic E-state index is 2.59. The number of hydrogen-bond donors (Lipinski definition) is 0. The minimum atomic E-state index is 0.670. The maximum absolute atomic E-state index is 2.59. The molecule has 0 amide bonds. The summed E-state index contributed by atoms with van der Waals surface area (Å²) in [7, 11) is 0. The number of para-hydroxylation sites is 3. The normalized spacial score (nSPS) is 15.9. The van der Waals surface area contributed by atoms with E-state index in [-0.39, 0.29) is 0 Å². The Labute approximate surface area is 333 Å². The average molecular weight is 738 g/mol. The molecule has 12 rings (SSSR count). The Bertz CT molecular complexity index is 3070. The van der Waals surface area contributed by atoms with E-state index >= 15 is 0 Å². The molecule has 57 heavy (non-hydrogen) atoms. The van der Waals surface area contributed by atoms with Crippen LogP contribution in [0.3, 0.4) is 0 Å². The van der Waals surface area contributed by atoms with Crippen LogP contribution in [0.1, 0.15) is 87.2 Å². The molecule has 0 spiro atoms. The highest BCUT2D eigenvalue weighted by Gasteiger charge is 2.24. The summed E-state index contributed by atoms with van der Waals surface area (Å²) in [5.74, 6) is 1.34. The van der Waals surface area contributed by atoms with E-state index in [9.17, 15) is 0 Å². The van der Waals surface area contributed by atoms with Crippen LogP contribution in [0.15, 0.2) is 152 Å². The number of nitrogens with zero attached hydrogens (tertiary/aromatic N) is 3. The molecule has 0 N–H and O–H groups in total. The Kier molecular flexibility index (Phi) is 7.71. The van der Waals surface area contributed by atoms with Crippen molar-refractivity contribution in [2.24, 2.45) is 0 Å². The van der Waals surface area contributed by atoms with Gasteiger partial charge in [-0.1, -0.05) is 111 Å². The molecule has 7 aromatic carbocycles. The Balaban J connectivity index is 1.10. The zero-order chi connectivity index (χ0) is 37.5. The van der Waals surface area contributed by atoms with E-state index in [1.165, 1.54) is 158 Å². The lowest BCUT2D eigenvalue weighted by Crippen LogP contribution is -2.04. The quantitative estimate of drug-likeness (QED) is 0.167. The van der Waals surface area contributed by atoms with Gasteiger partial charge in [-0.2, -0.15) is 0 Å². The van der Waals surface area contributed by atoms with Crippen LogP contribution in [0, 0.1) is 0 Å². The SMILES string of the molecule is c1ccc(-n2c3ccccc3c3cc(-n4c5ccccc5c5c(-n6c7ccc(C8CCCCC8)cc7c7cc(C8CCCCC8)ccc76)cccc54)ccc32)cc1.